The first kappa shape index (κ1) is 31.9. The third kappa shape index (κ3) is 5.37. The molecule has 0 fully saturated rings. The van der Waals surface area contributed by atoms with E-state index in [9.17, 15) is 0 Å². The van der Waals surface area contributed by atoms with Crippen LogP contribution in [-0.2, 0) is 0 Å². The van der Waals surface area contributed by atoms with E-state index < -0.39 is 0 Å². The van der Waals surface area contributed by atoms with Gasteiger partial charge < -0.3 is 8.98 Å². The molecule has 0 saturated carbocycles. The standard InChI is InChI=1S/C51H32N4O/c1-4-13-33(14-5-1)37-26-30-45-43(31-37)40-19-10-11-21-44(40)55(45)39-27-23-34(24-28-39)38-25-29-41-47(32-38)56-46-22-12-20-42(48(41)46)51-53-49(35-15-6-2-7-16-35)52-50(54-51)36-17-8-3-9-18-36/h1-32H. The molecule has 262 valence electrons. The van der Waals surface area contributed by atoms with Gasteiger partial charge in [-0.05, 0) is 70.8 Å². The van der Waals surface area contributed by atoms with Gasteiger partial charge in [-0.1, -0.05) is 146 Å². The summed E-state index contributed by atoms with van der Waals surface area (Å²) in [7, 11) is 0. The smallest absolute Gasteiger partial charge is 0.164 e. The Morgan fingerprint density at radius 1 is 0.339 bits per heavy atom. The largest absolute Gasteiger partial charge is 0.456 e. The molecule has 0 aliphatic rings. The Bertz CT molecular complexity index is 3160. The highest BCUT2D eigenvalue weighted by Crippen LogP contribution is 2.39. The minimum Gasteiger partial charge on any atom is -0.456 e. The molecule has 0 radical (unpaired) electrons. The first-order valence-corrected chi connectivity index (χ1v) is 18.8. The van der Waals surface area contributed by atoms with Crippen molar-refractivity contribution >= 4 is 43.7 Å². The first-order chi connectivity index (χ1) is 27.7. The fourth-order valence-corrected chi connectivity index (χ4v) is 7.98. The van der Waals surface area contributed by atoms with E-state index in [2.05, 4.69) is 126 Å². The summed E-state index contributed by atoms with van der Waals surface area (Å²) in [6.07, 6.45) is 0. The summed E-state index contributed by atoms with van der Waals surface area (Å²) in [5.74, 6) is 1.86. The van der Waals surface area contributed by atoms with Gasteiger partial charge in [-0.3, -0.25) is 0 Å². The average Bonchev–Trinajstić information content (AvgIpc) is 3.82. The molecule has 3 heterocycles. The third-order valence-corrected chi connectivity index (χ3v) is 10.7. The zero-order valence-corrected chi connectivity index (χ0v) is 30.2. The molecule has 0 saturated heterocycles. The average molecular weight is 717 g/mol. The Labute approximate surface area is 322 Å². The molecule has 56 heavy (non-hydrogen) atoms. The molecule has 11 rings (SSSR count). The lowest BCUT2D eigenvalue weighted by Crippen LogP contribution is -2.00. The van der Waals surface area contributed by atoms with Crippen molar-refractivity contribution in [2.75, 3.05) is 0 Å². The molecule has 0 spiro atoms. The summed E-state index contributed by atoms with van der Waals surface area (Å²) in [5.41, 5.74) is 12.5. The summed E-state index contributed by atoms with van der Waals surface area (Å²) in [5, 5.41) is 4.48. The van der Waals surface area contributed by atoms with Crippen molar-refractivity contribution in [1.29, 1.82) is 0 Å². The summed E-state index contributed by atoms with van der Waals surface area (Å²) < 4.78 is 8.91. The van der Waals surface area contributed by atoms with Gasteiger partial charge in [-0.2, -0.15) is 0 Å². The van der Waals surface area contributed by atoms with Crippen LogP contribution in [0.5, 0.6) is 0 Å². The van der Waals surface area contributed by atoms with Gasteiger partial charge in [0.05, 0.1) is 11.0 Å². The van der Waals surface area contributed by atoms with E-state index in [0.717, 1.165) is 55.4 Å². The normalized spacial score (nSPS) is 11.6. The molecule has 0 unspecified atom stereocenters. The van der Waals surface area contributed by atoms with Crippen molar-refractivity contribution in [3.63, 3.8) is 0 Å². The Kier molecular flexibility index (Phi) is 7.42. The maximum atomic E-state index is 6.55. The quantitative estimate of drug-likeness (QED) is 0.172. The second-order valence-electron chi connectivity index (χ2n) is 14.0. The van der Waals surface area contributed by atoms with E-state index in [1.807, 2.05) is 72.8 Å². The van der Waals surface area contributed by atoms with Gasteiger partial charge in [0.2, 0.25) is 0 Å². The molecule has 0 atom stereocenters. The molecule has 8 aromatic carbocycles. The maximum absolute atomic E-state index is 6.55. The number of para-hydroxylation sites is 1. The van der Waals surface area contributed by atoms with Crippen molar-refractivity contribution in [1.82, 2.24) is 19.5 Å². The molecule has 5 heteroatoms. The minimum atomic E-state index is 0.604. The molecule has 11 aromatic rings. The van der Waals surface area contributed by atoms with Crippen LogP contribution in [0.1, 0.15) is 0 Å². The van der Waals surface area contributed by atoms with Gasteiger partial charge in [0.1, 0.15) is 11.2 Å². The van der Waals surface area contributed by atoms with E-state index in [4.69, 9.17) is 19.4 Å². The molecule has 3 aromatic heterocycles. The molecule has 5 nitrogen and oxygen atoms in total. The number of hydrogen-bond acceptors (Lipinski definition) is 4. The first-order valence-electron chi connectivity index (χ1n) is 18.8. The van der Waals surface area contributed by atoms with Gasteiger partial charge >= 0.3 is 0 Å². The SMILES string of the molecule is c1ccc(-c2ccc3c(c2)c2ccccc2n3-c2ccc(-c3ccc4c(c3)oc3cccc(-c5nc(-c6ccccc6)nc(-c6ccccc6)n5)c34)cc2)cc1. The van der Waals surface area contributed by atoms with Crippen molar-refractivity contribution in [2.45, 2.75) is 0 Å². The van der Waals surface area contributed by atoms with Crippen LogP contribution in [0.2, 0.25) is 0 Å². The summed E-state index contributed by atoms with van der Waals surface area (Å²) in [4.78, 5) is 14.9. The molecular formula is C51H32N4O. The molecule has 0 amide bonds. The Morgan fingerprint density at radius 2 is 0.893 bits per heavy atom. The van der Waals surface area contributed by atoms with E-state index in [-0.39, 0.29) is 0 Å². The second-order valence-corrected chi connectivity index (χ2v) is 14.0. The van der Waals surface area contributed by atoms with Crippen LogP contribution >= 0.6 is 0 Å². The number of hydrogen-bond donors (Lipinski definition) is 0. The number of benzene rings is 8. The van der Waals surface area contributed by atoms with Crippen LogP contribution in [0.15, 0.2) is 199 Å². The van der Waals surface area contributed by atoms with E-state index in [0.29, 0.717) is 17.5 Å². The van der Waals surface area contributed by atoms with Gasteiger partial charge in [-0.15, -0.1) is 0 Å². The fraction of sp³-hybridized carbons (Fsp3) is 0. The van der Waals surface area contributed by atoms with Crippen LogP contribution in [0.4, 0.5) is 0 Å². The third-order valence-electron chi connectivity index (χ3n) is 10.7. The van der Waals surface area contributed by atoms with Crippen LogP contribution in [0.3, 0.4) is 0 Å². The number of furan rings is 1. The molecule has 0 N–H and O–H groups in total. The second kappa shape index (κ2) is 13.0. The monoisotopic (exact) mass is 716 g/mol. The minimum absolute atomic E-state index is 0.604. The van der Waals surface area contributed by atoms with Crippen molar-refractivity contribution in [3.05, 3.63) is 194 Å². The van der Waals surface area contributed by atoms with Gasteiger partial charge in [0.15, 0.2) is 17.5 Å². The van der Waals surface area contributed by atoms with Crippen molar-refractivity contribution in [2.24, 2.45) is 0 Å². The number of aromatic nitrogens is 4. The van der Waals surface area contributed by atoms with Crippen LogP contribution in [-0.4, -0.2) is 19.5 Å². The summed E-state index contributed by atoms with van der Waals surface area (Å²) >= 11 is 0. The summed E-state index contributed by atoms with van der Waals surface area (Å²) in [6.45, 7) is 0. The van der Waals surface area contributed by atoms with E-state index >= 15 is 0 Å². The Morgan fingerprint density at radius 3 is 1.61 bits per heavy atom. The zero-order valence-electron chi connectivity index (χ0n) is 30.2. The predicted octanol–water partition coefficient (Wildman–Crippen LogP) is 13.2. The summed E-state index contributed by atoms with van der Waals surface area (Å²) in [6, 6.07) is 67.5. The lowest BCUT2D eigenvalue weighted by molar-refractivity contribution is 0.669. The Hall–Kier alpha value is -7.63. The Balaban J connectivity index is 0.986. The van der Waals surface area contributed by atoms with Gasteiger partial charge in [0, 0.05) is 43.9 Å². The van der Waals surface area contributed by atoms with Crippen molar-refractivity contribution < 1.29 is 4.42 Å². The molecule has 0 aliphatic heterocycles. The maximum Gasteiger partial charge on any atom is 0.164 e. The molecular weight excluding hydrogens is 685 g/mol. The topological polar surface area (TPSA) is 56.7 Å². The highest BCUT2D eigenvalue weighted by Gasteiger charge is 2.19. The van der Waals surface area contributed by atoms with Gasteiger partial charge in [0.25, 0.3) is 0 Å². The van der Waals surface area contributed by atoms with Gasteiger partial charge in [-0.25, -0.2) is 15.0 Å². The zero-order chi connectivity index (χ0) is 37.0. The highest BCUT2D eigenvalue weighted by atomic mass is 16.3. The van der Waals surface area contributed by atoms with Crippen LogP contribution < -0.4 is 0 Å². The lowest BCUT2D eigenvalue weighted by Gasteiger charge is -2.10. The lowest BCUT2D eigenvalue weighted by atomic mass is 10.0. The number of rotatable bonds is 6. The predicted molar refractivity (Wildman–Crippen MR) is 229 cm³/mol. The molecule has 0 aliphatic carbocycles. The fourth-order valence-electron chi connectivity index (χ4n) is 7.98. The van der Waals surface area contributed by atoms with Crippen LogP contribution in [0.25, 0.3) is 106 Å². The highest BCUT2D eigenvalue weighted by molar-refractivity contribution is 6.13. The number of fused-ring (bicyclic) bond motifs is 6. The van der Waals surface area contributed by atoms with E-state index in [1.54, 1.807) is 0 Å². The van der Waals surface area contributed by atoms with Crippen molar-refractivity contribution in [3.8, 4) is 62.1 Å². The molecule has 0 bridgehead atoms. The van der Waals surface area contributed by atoms with E-state index in [1.165, 1.54) is 32.9 Å². The van der Waals surface area contributed by atoms with Crippen LogP contribution in [0, 0.1) is 0 Å². The number of nitrogens with zero attached hydrogens (tertiary/aromatic N) is 4.